The van der Waals surface area contributed by atoms with Gasteiger partial charge >= 0.3 is 0 Å². The van der Waals surface area contributed by atoms with Gasteiger partial charge in [-0.2, -0.15) is 0 Å². The van der Waals surface area contributed by atoms with E-state index in [1.165, 1.54) is 0 Å². The number of hydrogen-bond donors (Lipinski definition) is 0. The molecule has 0 N–H and O–H groups in total. The van der Waals surface area contributed by atoms with Crippen LogP contribution in [0.3, 0.4) is 0 Å². The molecule has 1 atom stereocenters. The number of benzene rings is 2. The predicted molar refractivity (Wildman–Crippen MR) is 85.3 cm³/mol. The van der Waals surface area contributed by atoms with Crippen LogP contribution in [-0.2, 0) is 0 Å². The van der Waals surface area contributed by atoms with Gasteiger partial charge in [-0.1, -0.05) is 44.0 Å². The number of carbonyl (C=O) groups is 1. The molecule has 0 saturated heterocycles. The van der Waals surface area contributed by atoms with Crippen LogP contribution in [0.2, 0.25) is 0 Å². The molecule has 0 aliphatic carbocycles. The fourth-order valence-corrected chi connectivity index (χ4v) is 2.94. The minimum atomic E-state index is -0.212. The molecule has 20 heavy (non-hydrogen) atoms. The standard InChI is InChI=1S/C16H12Br2O2/c1-9-6-10(2-5-13(9)18)15-8-14(19)12-4-3-11(17)7-16(12)20-15/h2-7,15H,8H2,1H3. The van der Waals surface area contributed by atoms with Crippen molar-refractivity contribution < 1.29 is 9.53 Å². The molecular weight excluding hydrogens is 384 g/mol. The number of ether oxygens (including phenoxy) is 1. The third-order valence-electron chi connectivity index (χ3n) is 3.44. The number of carbonyl (C=O) groups excluding carboxylic acids is 1. The molecule has 102 valence electrons. The van der Waals surface area contributed by atoms with E-state index in [1.807, 2.05) is 37.3 Å². The van der Waals surface area contributed by atoms with E-state index in [0.29, 0.717) is 17.7 Å². The molecule has 2 aromatic rings. The molecular formula is C16H12Br2O2. The lowest BCUT2D eigenvalue weighted by Gasteiger charge is -2.26. The van der Waals surface area contributed by atoms with Crippen molar-refractivity contribution in [3.8, 4) is 5.75 Å². The normalized spacial score (nSPS) is 17.6. The minimum Gasteiger partial charge on any atom is -0.484 e. The van der Waals surface area contributed by atoms with Crippen LogP contribution in [-0.4, -0.2) is 5.78 Å². The van der Waals surface area contributed by atoms with Gasteiger partial charge < -0.3 is 4.74 Å². The topological polar surface area (TPSA) is 26.3 Å². The number of rotatable bonds is 1. The van der Waals surface area contributed by atoms with Crippen LogP contribution in [0.1, 0.15) is 34.0 Å². The van der Waals surface area contributed by atoms with Crippen molar-refractivity contribution in [3.63, 3.8) is 0 Å². The quantitative estimate of drug-likeness (QED) is 0.661. The highest BCUT2D eigenvalue weighted by molar-refractivity contribution is 9.10. The molecule has 0 bridgehead atoms. The van der Waals surface area contributed by atoms with E-state index < -0.39 is 0 Å². The average molecular weight is 396 g/mol. The number of hydrogen-bond acceptors (Lipinski definition) is 2. The second-order valence-electron chi connectivity index (χ2n) is 4.88. The molecule has 1 heterocycles. The Kier molecular flexibility index (Phi) is 3.69. The first-order chi connectivity index (χ1) is 9.54. The predicted octanol–water partition coefficient (Wildman–Crippen LogP) is 5.23. The second kappa shape index (κ2) is 5.34. The maximum Gasteiger partial charge on any atom is 0.170 e. The number of fused-ring (bicyclic) bond motifs is 1. The third-order valence-corrected chi connectivity index (χ3v) is 4.82. The van der Waals surface area contributed by atoms with E-state index in [4.69, 9.17) is 4.74 Å². The summed E-state index contributed by atoms with van der Waals surface area (Å²) in [4.78, 5) is 12.2. The molecule has 0 saturated carbocycles. The maximum absolute atomic E-state index is 12.2. The molecule has 0 fully saturated rings. The maximum atomic E-state index is 12.2. The van der Waals surface area contributed by atoms with Gasteiger partial charge in [0, 0.05) is 8.95 Å². The van der Waals surface area contributed by atoms with Gasteiger partial charge in [0.15, 0.2) is 5.78 Å². The Hall–Kier alpha value is -1.13. The Bertz CT molecular complexity index is 695. The lowest BCUT2D eigenvalue weighted by Crippen LogP contribution is -2.20. The van der Waals surface area contributed by atoms with Gasteiger partial charge in [0.1, 0.15) is 11.9 Å². The van der Waals surface area contributed by atoms with Gasteiger partial charge in [-0.05, 0) is 42.3 Å². The molecule has 1 unspecified atom stereocenters. The van der Waals surface area contributed by atoms with Crippen molar-refractivity contribution in [2.24, 2.45) is 0 Å². The number of aryl methyl sites for hydroxylation is 1. The summed E-state index contributed by atoms with van der Waals surface area (Å²) in [6.45, 7) is 2.03. The Morgan fingerprint density at radius 1 is 1.15 bits per heavy atom. The summed E-state index contributed by atoms with van der Waals surface area (Å²) in [5, 5.41) is 0. The van der Waals surface area contributed by atoms with E-state index >= 15 is 0 Å². The first-order valence-corrected chi connectivity index (χ1v) is 7.88. The Morgan fingerprint density at radius 3 is 2.70 bits per heavy atom. The zero-order chi connectivity index (χ0) is 14.3. The SMILES string of the molecule is Cc1cc(C2CC(=O)c3ccc(Br)cc3O2)ccc1Br. The monoisotopic (exact) mass is 394 g/mol. The van der Waals surface area contributed by atoms with Gasteiger partial charge in [-0.15, -0.1) is 0 Å². The molecule has 0 spiro atoms. The molecule has 1 aliphatic heterocycles. The molecule has 4 heteroatoms. The van der Waals surface area contributed by atoms with Crippen molar-refractivity contribution in [1.82, 2.24) is 0 Å². The van der Waals surface area contributed by atoms with Crippen LogP contribution in [0.4, 0.5) is 0 Å². The lowest BCUT2D eigenvalue weighted by atomic mass is 9.95. The summed E-state index contributed by atoms with van der Waals surface area (Å²) in [5.41, 5.74) is 2.83. The summed E-state index contributed by atoms with van der Waals surface area (Å²) >= 11 is 6.90. The largest absolute Gasteiger partial charge is 0.484 e. The Morgan fingerprint density at radius 2 is 1.95 bits per heavy atom. The fraction of sp³-hybridized carbons (Fsp3) is 0.188. The highest BCUT2D eigenvalue weighted by Crippen LogP contribution is 2.37. The molecule has 2 nitrogen and oxygen atoms in total. The van der Waals surface area contributed by atoms with Gasteiger partial charge in [0.25, 0.3) is 0 Å². The van der Waals surface area contributed by atoms with E-state index in [0.717, 1.165) is 20.1 Å². The van der Waals surface area contributed by atoms with Crippen LogP contribution >= 0.6 is 31.9 Å². The molecule has 0 amide bonds. The summed E-state index contributed by atoms with van der Waals surface area (Å²) in [5.74, 6) is 0.783. The Balaban J connectivity index is 1.98. The summed E-state index contributed by atoms with van der Waals surface area (Å²) in [6.07, 6.45) is 0.173. The average Bonchev–Trinajstić information content (AvgIpc) is 2.41. The zero-order valence-corrected chi connectivity index (χ0v) is 14.0. The van der Waals surface area contributed by atoms with Crippen LogP contribution in [0.25, 0.3) is 0 Å². The van der Waals surface area contributed by atoms with Crippen LogP contribution < -0.4 is 4.74 Å². The highest BCUT2D eigenvalue weighted by Gasteiger charge is 2.27. The molecule has 3 rings (SSSR count). The van der Waals surface area contributed by atoms with Crippen LogP contribution in [0, 0.1) is 6.92 Å². The van der Waals surface area contributed by atoms with E-state index in [9.17, 15) is 4.79 Å². The van der Waals surface area contributed by atoms with E-state index in [1.54, 1.807) is 0 Å². The minimum absolute atomic E-state index is 0.129. The van der Waals surface area contributed by atoms with Gasteiger partial charge in [-0.25, -0.2) is 0 Å². The van der Waals surface area contributed by atoms with Crippen molar-refractivity contribution in [2.45, 2.75) is 19.4 Å². The second-order valence-corrected chi connectivity index (χ2v) is 6.65. The molecule has 2 aromatic carbocycles. The van der Waals surface area contributed by atoms with Gasteiger partial charge in [0.05, 0.1) is 12.0 Å². The van der Waals surface area contributed by atoms with Crippen molar-refractivity contribution >= 4 is 37.6 Å². The smallest absolute Gasteiger partial charge is 0.170 e. The number of ketones is 1. The fourth-order valence-electron chi connectivity index (χ4n) is 2.35. The number of Topliss-reactive ketones (excluding diaryl/α,β-unsaturated/α-hetero) is 1. The van der Waals surface area contributed by atoms with Crippen molar-refractivity contribution in [1.29, 1.82) is 0 Å². The van der Waals surface area contributed by atoms with Crippen LogP contribution in [0.5, 0.6) is 5.75 Å². The summed E-state index contributed by atoms with van der Waals surface area (Å²) in [7, 11) is 0. The van der Waals surface area contributed by atoms with Gasteiger partial charge in [-0.3, -0.25) is 4.79 Å². The first kappa shape index (κ1) is 13.8. The summed E-state index contributed by atoms with van der Waals surface area (Å²) < 4.78 is 7.97. The highest BCUT2D eigenvalue weighted by atomic mass is 79.9. The molecule has 0 radical (unpaired) electrons. The third kappa shape index (κ3) is 2.54. The summed E-state index contributed by atoms with van der Waals surface area (Å²) in [6, 6.07) is 11.6. The van der Waals surface area contributed by atoms with Crippen LogP contribution in [0.15, 0.2) is 45.3 Å². The van der Waals surface area contributed by atoms with E-state index in [2.05, 4.69) is 37.9 Å². The zero-order valence-electron chi connectivity index (χ0n) is 10.8. The lowest BCUT2D eigenvalue weighted by molar-refractivity contribution is 0.0850. The van der Waals surface area contributed by atoms with E-state index in [-0.39, 0.29) is 11.9 Å². The van der Waals surface area contributed by atoms with Gasteiger partial charge in [0.2, 0.25) is 0 Å². The molecule has 1 aliphatic rings. The van der Waals surface area contributed by atoms with Crippen molar-refractivity contribution in [3.05, 3.63) is 62.0 Å². The molecule has 0 aromatic heterocycles. The Labute approximate surface area is 134 Å². The first-order valence-electron chi connectivity index (χ1n) is 6.30. The number of halogens is 2. The van der Waals surface area contributed by atoms with Crippen molar-refractivity contribution in [2.75, 3.05) is 0 Å².